The van der Waals surface area contributed by atoms with Gasteiger partial charge in [0.1, 0.15) is 0 Å². The molecule has 0 heterocycles. The summed E-state index contributed by atoms with van der Waals surface area (Å²) in [6.07, 6.45) is 1.41. The lowest BCUT2D eigenvalue weighted by Crippen LogP contribution is -2.46. The Balaban J connectivity index is 2.10. The highest BCUT2D eigenvalue weighted by molar-refractivity contribution is 5.95. The predicted octanol–water partition coefficient (Wildman–Crippen LogP) is -0.839. The standard InChI is InChI=1S/C12H23N3O4/c1-15(7-9-5-10(16)6-9)8-11(17)14-12(18)13-3-4-19-2/h9-10,16H,3-8H2,1-2H3,(H2,13,14,17,18). The second kappa shape index (κ2) is 8.08. The molecule has 0 spiro atoms. The normalized spacial score (nSPS) is 21.9. The molecule has 1 saturated carbocycles. The number of nitrogens with one attached hydrogen (secondary N) is 2. The maximum absolute atomic E-state index is 11.6. The van der Waals surface area contributed by atoms with E-state index in [1.165, 1.54) is 7.11 Å². The molecule has 0 atom stereocenters. The smallest absolute Gasteiger partial charge is 0.321 e. The van der Waals surface area contributed by atoms with Gasteiger partial charge in [0, 0.05) is 20.2 Å². The average Bonchev–Trinajstić information content (AvgIpc) is 2.26. The third-order valence-corrected chi connectivity index (χ3v) is 3.04. The van der Waals surface area contributed by atoms with Crippen molar-refractivity contribution in [3.63, 3.8) is 0 Å². The number of carbonyl (C=O) groups excluding carboxylic acids is 2. The van der Waals surface area contributed by atoms with Gasteiger partial charge < -0.3 is 15.2 Å². The van der Waals surface area contributed by atoms with Crippen LogP contribution in [0.25, 0.3) is 0 Å². The van der Waals surface area contributed by atoms with Gasteiger partial charge in [0.05, 0.1) is 19.3 Å². The zero-order valence-corrected chi connectivity index (χ0v) is 11.5. The van der Waals surface area contributed by atoms with Crippen molar-refractivity contribution in [3.05, 3.63) is 0 Å². The number of likely N-dealkylation sites (N-methyl/N-ethyl adjacent to an activating group) is 1. The molecule has 0 aliphatic heterocycles. The Morgan fingerprint density at radius 2 is 2.11 bits per heavy atom. The van der Waals surface area contributed by atoms with Crippen molar-refractivity contribution in [1.82, 2.24) is 15.5 Å². The summed E-state index contributed by atoms with van der Waals surface area (Å²) in [6, 6.07) is -0.505. The van der Waals surface area contributed by atoms with Gasteiger partial charge in [0.25, 0.3) is 0 Å². The van der Waals surface area contributed by atoms with E-state index in [-0.39, 0.29) is 18.6 Å². The minimum Gasteiger partial charge on any atom is -0.393 e. The Hall–Kier alpha value is -1.18. The van der Waals surface area contributed by atoms with Gasteiger partial charge >= 0.3 is 6.03 Å². The molecular formula is C12H23N3O4. The Kier molecular flexibility index (Phi) is 6.75. The van der Waals surface area contributed by atoms with Crippen LogP contribution in [0, 0.1) is 5.92 Å². The Bertz CT molecular complexity index is 305. The van der Waals surface area contributed by atoms with Crippen molar-refractivity contribution in [3.8, 4) is 0 Å². The van der Waals surface area contributed by atoms with Crippen LogP contribution in [0.4, 0.5) is 4.79 Å². The van der Waals surface area contributed by atoms with E-state index >= 15 is 0 Å². The first-order chi connectivity index (χ1) is 9.01. The van der Waals surface area contributed by atoms with Crippen LogP contribution in [-0.4, -0.2) is 68.4 Å². The molecule has 3 N–H and O–H groups in total. The molecule has 7 nitrogen and oxygen atoms in total. The fourth-order valence-corrected chi connectivity index (χ4v) is 2.08. The summed E-state index contributed by atoms with van der Waals surface area (Å²) in [6.45, 7) is 1.71. The van der Waals surface area contributed by atoms with Crippen molar-refractivity contribution < 1.29 is 19.4 Å². The summed E-state index contributed by atoms with van der Waals surface area (Å²) in [5.41, 5.74) is 0. The molecule has 0 aromatic carbocycles. The van der Waals surface area contributed by atoms with Crippen LogP contribution in [0.5, 0.6) is 0 Å². The Morgan fingerprint density at radius 1 is 1.42 bits per heavy atom. The molecule has 19 heavy (non-hydrogen) atoms. The Morgan fingerprint density at radius 3 is 2.68 bits per heavy atom. The van der Waals surface area contributed by atoms with E-state index in [9.17, 15) is 14.7 Å². The van der Waals surface area contributed by atoms with Gasteiger partial charge in [-0.15, -0.1) is 0 Å². The zero-order valence-electron chi connectivity index (χ0n) is 11.5. The van der Waals surface area contributed by atoms with Gasteiger partial charge in [-0.25, -0.2) is 4.79 Å². The highest BCUT2D eigenvalue weighted by Gasteiger charge is 2.28. The molecule has 1 aliphatic rings. The average molecular weight is 273 g/mol. The lowest BCUT2D eigenvalue weighted by Gasteiger charge is -2.34. The van der Waals surface area contributed by atoms with Crippen molar-refractivity contribution in [2.75, 3.05) is 40.4 Å². The molecule has 1 fully saturated rings. The number of rotatable bonds is 7. The number of ether oxygens (including phenoxy) is 1. The van der Waals surface area contributed by atoms with E-state index in [1.807, 2.05) is 11.9 Å². The van der Waals surface area contributed by atoms with Gasteiger partial charge in [-0.3, -0.25) is 15.0 Å². The van der Waals surface area contributed by atoms with Crippen LogP contribution in [0.3, 0.4) is 0 Å². The third kappa shape index (κ3) is 6.51. The summed E-state index contributed by atoms with van der Waals surface area (Å²) in [7, 11) is 3.37. The first kappa shape index (κ1) is 15.9. The molecular weight excluding hydrogens is 250 g/mol. The molecule has 3 amide bonds. The molecule has 0 radical (unpaired) electrons. The van der Waals surface area contributed by atoms with E-state index in [0.717, 1.165) is 19.4 Å². The van der Waals surface area contributed by atoms with Gasteiger partial charge in [0.2, 0.25) is 5.91 Å². The quantitative estimate of drug-likeness (QED) is 0.526. The molecule has 0 aromatic heterocycles. The van der Waals surface area contributed by atoms with Crippen molar-refractivity contribution in [2.45, 2.75) is 18.9 Å². The zero-order chi connectivity index (χ0) is 14.3. The largest absolute Gasteiger partial charge is 0.393 e. The lowest BCUT2D eigenvalue weighted by atomic mass is 9.82. The van der Waals surface area contributed by atoms with Gasteiger partial charge in [-0.2, -0.15) is 0 Å². The third-order valence-electron chi connectivity index (χ3n) is 3.04. The number of amides is 3. The SMILES string of the molecule is COCCNC(=O)NC(=O)CN(C)CC1CC(O)C1. The number of carbonyl (C=O) groups is 2. The first-order valence-corrected chi connectivity index (χ1v) is 6.44. The topological polar surface area (TPSA) is 90.9 Å². The van der Waals surface area contributed by atoms with Crippen molar-refractivity contribution >= 4 is 11.9 Å². The van der Waals surface area contributed by atoms with E-state index < -0.39 is 6.03 Å². The van der Waals surface area contributed by atoms with Crippen molar-refractivity contribution in [2.24, 2.45) is 5.92 Å². The molecule has 0 unspecified atom stereocenters. The molecule has 0 aromatic rings. The maximum Gasteiger partial charge on any atom is 0.321 e. The van der Waals surface area contributed by atoms with Crippen LogP contribution < -0.4 is 10.6 Å². The van der Waals surface area contributed by atoms with Crippen LogP contribution in [0.1, 0.15) is 12.8 Å². The molecule has 1 aliphatic carbocycles. The van der Waals surface area contributed by atoms with E-state index in [4.69, 9.17) is 4.74 Å². The summed E-state index contributed by atoms with van der Waals surface area (Å²) in [5, 5.41) is 13.9. The van der Waals surface area contributed by atoms with Gasteiger partial charge in [-0.05, 0) is 25.8 Å². The number of hydrogen-bond donors (Lipinski definition) is 3. The van der Waals surface area contributed by atoms with Gasteiger partial charge in [-0.1, -0.05) is 0 Å². The molecule has 0 saturated heterocycles. The second-order valence-corrected chi connectivity index (χ2v) is 4.98. The second-order valence-electron chi connectivity index (χ2n) is 4.98. The molecule has 110 valence electrons. The fraction of sp³-hybridized carbons (Fsp3) is 0.833. The van der Waals surface area contributed by atoms with E-state index in [1.54, 1.807) is 0 Å². The number of aliphatic hydroxyl groups excluding tert-OH is 1. The first-order valence-electron chi connectivity index (χ1n) is 6.44. The monoisotopic (exact) mass is 273 g/mol. The Labute approximate surface area is 113 Å². The lowest BCUT2D eigenvalue weighted by molar-refractivity contribution is -0.121. The number of hydrogen-bond acceptors (Lipinski definition) is 5. The summed E-state index contributed by atoms with van der Waals surface area (Å²) in [5.74, 6) is 0.112. The minimum atomic E-state index is -0.505. The number of imide groups is 1. The maximum atomic E-state index is 11.6. The van der Waals surface area contributed by atoms with Crippen LogP contribution in [0.2, 0.25) is 0 Å². The number of aliphatic hydroxyl groups is 1. The number of urea groups is 1. The molecule has 0 bridgehead atoms. The highest BCUT2D eigenvalue weighted by Crippen LogP contribution is 2.27. The summed E-state index contributed by atoms with van der Waals surface area (Å²) >= 11 is 0. The molecule has 7 heteroatoms. The summed E-state index contributed by atoms with van der Waals surface area (Å²) in [4.78, 5) is 24.7. The number of methoxy groups -OCH3 is 1. The fourth-order valence-electron chi connectivity index (χ4n) is 2.08. The summed E-state index contributed by atoms with van der Waals surface area (Å²) < 4.78 is 4.78. The highest BCUT2D eigenvalue weighted by atomic mass is 16.5. The van der Waals surface area contributed by atoms with Crippen LogP contribution >= 0.6 is 0 Å². The van der Waals surface area contributed by atoms with Crippen LogP contribution in [0.15, 0.2) is 0 Å². The van der Waals surface area contributed by atoms with Gasteiger partial charge in [0.15, 0.2) is 0 Å². The van der Waals surface area contributed by atoms with E-state index in [0.29, 0.717) is 19.1 Å². The van der Waals surface area contributed by atoms with E-state index in [2.05, 4.69) is 10.6 Å². The van der Waals surface area contributed by atoms with Crippen molar-refractivity contribution in [1.29, 1.82) is 0 Å². The predicted molar refractivity (Wildman–Crippen MR) is 69.6 cm³/mol. The minimum absolute atomic E-state index is 0.171. The molecule has 1 rings (SSSR count). The number of nitrogens with zero attached hydrogens (tertiary/aromatic N) is 1. The van der Waals surface area contributed by atoms with Crippen LogP contribution in [-0.2, 0) is 9.53 Å².